The normalized spacial score (nSPS) is 17.4. The van der Waals surface area contributed by atoms with Gasteiger partial charge < -0.3 is 10.6 Å². The number of aliphatic imine (C=N–C) groups is 1. The minimum absolute atomic E-state index is 0. The van der Waals surface area contributed by atoms with E-state index in [1.54, 1.807) is 11.4 Å². The van der Waals surface area contributed by atoms with Crippen molar-refractivity contribution >= 4 is 40.0 Å². The van der Waals surface area contributed by atoms with Gasteiger partial charge in [-0.1, -0.05) is 30.3 Å². The van der Waals surface area contributed by atoms with E-state index >= 15 is 0 Å². The number of rotatable bonds is 9. The van der Waals surface area contributed by atoms with Gasteiger partial charge in [-0.3, -0.25) is 9.89 Å². The van der Waals surface area contributed by atoms with Crippen LogP contribution in [-0.4, -0.2) is 76.2 Å². The molecule has 1 heterocycles. The largest absolute Gasteiger partial charge is 0.356 e. The molecule has 1 atom stereocenters. The molecule has 1 saturated heterocycles. The summed E-state index contributed by atoms with van der Waals surface area (Å²) in [6.45, 7) is 6.09. The molecule has 7 nitrogen and oxygen atoms in total. The predicted octanol–water partition coefficient (Wildman–Crippen LogP) is 2.35. The van der Waals surface area contributed by atoms with Crippen LogP contribution in [0.15, 0.2) is 35.3 Å². The molecule has 1 fully saturated rings. The highest BCUT2D eigenvalue weighted by molar-refractivity contribution is 14.0. The number of nitrogens with zero attached hydrogens (tertiary/aromatic N) is 3. The molecule has 0 spiro atoms. The van der Waals surface area contributed by atoms with Crippen molar-refractivity contribution in [2.45, 2.75) is 38.8 Å². The third-order valence-electron chi connectivity index (χ3n) is 5.71. The first-order chi connectivity index (χ1) is 13.8. The molecular weight excluding hydrogens is 513 g/mol. The lowest BCUT2D eigenvalue weighted by molar-refractivity contribution is 0.238. The lowest BCUT2D eigenvalue weighted by Crippen LogP contribution is -2.44. The minimum Gasteiger partial charge on any atom is -0.356 e. The van der Waals surface area contributed by atoms with Crippen LogP contribution < -0.4 is 10.6 Å². The van der Waals surface area contributed by atoms with Crippen LogP contribution in [0.25, 0.3) is 0 Å². The first-order valence-corrected chi connectivity index (χ1v) is 12.3. The Hall–Kier alpha value is -0.910. The van der Waals surface area contributed by atoms with Crippen molar-refractivity contribution < 1.29 is 8.42 Å². The fourth-order valence-electron chi connectivity index (χ4n) is 3.55. The summed E-state index contributed by atoms with van der Waals surface area (Å²) < 4.78 is 24.8. The van der Waals surface area contributed by atoms with E-state index in [9.17, 15) is 8.42 Å². The number of halogens is 1. The van der Waals surface area contributed by atoms with E-state index in [1.165, 1.54) is 11.8 Å². The number of benzene rings is 1. The monoisotopic (exact) mass is 551 g/mol. The highest BCUT2D eigenvalue weighted by atomic mass is 127. The first kappa shape index (κ1) is 27.1. The standard InChI is InChI=1S/C21H37N5O2S.HI/c1-18(25(3)17-20-8-6-5-7-9-20)10-13-23-21(22-2)24-16-19-11-14-26(15-12-19)29(4,27)28;/h5-9,18-19H,10-17H2,1-4H3,(H2,22,23,24);1H. The van der Waals surface area contributed by atoms with Crippen LogP contribution in [0, 0.1) is 5.92 Å². The van der Waals surface area contributed by atoms with Crippen molar-refractivity contribution in [3.8, 4) is 0 Å². The Balaban J connectivity index is 0.00000450. The van der Waals surface area contributed by atoms with Gasteiger partial charge in [0.25, 0.3) is 0 Å². The van der Waals surface area contributed by atoms with Gasteiger partial charge in [0.15, 0.2) is 5.96 Å². The first-order valence-electron chi connectivity index (χ1n) is 10.4. The van der Waals surface area contributed by atoms with Gasteiger partial charge >= 0.3 is 0 Å². The summed E-state index contributed by atoms with van der Waals surface area (Å²) in [6.07, 6.45) is 4.09. The molecule has 9 heteroatoms. The third kappa shape index (κ3) is 9.49. The maximum absolute atomic E-state index is 11.6. The topological polar surface area (TPSA) is 77.0 Å². The predicted molar refractivity (Wildman–Crippen MR) is 136 cm³/mol. The van der Waals surface area contributed by atoms with Crippen LogP contribution in [0.1, 0.15) is 31.7 Å². The Morgan fingerprint density at radius 1 is 1.23 bits per heavy atom. The molecule has 0 aromatic heterocycles. The zero-order valence-corrected chi connectivity index (χ0v) is 21.8. The molecule has 2 N–H and O–H groups in total. The second-order valence-corrected chi connectivity index (χ2v) is 10.0. The highest BCUT2D eigenvalue weighted by Crippen LogP contribution is 2.18. The van der Waals surface area contributed by atoms with Crippen LogP contribution in [0.5, 0.6) is 0 Å². The smallest absolute Gasteiger partial charge is 0.211 e. The van der Waals surface area contributed by atoms with E-state index in [4.69, 9.17) is 0 Å². The van der Waals surface area contributed by atoms with Crippen LogP contribution in [0.4, 0.5) is 0 Å². The van der Waals surface area contributed by atoms with Crippen molar-refractivity contribution in [2.24, 2.45) is 10.9 Å². The quantitative estimate of drug-likeness (QED) is 0.280. The van der Waals surface area contributed by atoms with Gasteiger partial charge in [-0.2, -0.15) is 0 Å². The Bertz CT molecular complexity index is 737. The van der Waals surface area contributed by atoms with E-state index in [0.717, 1.165) is 44.9 Å². The van der Waals surface area contributed by atoms with Crippen molar-refractivity contribution in [1.82, 2.24) is 19.8 Å². The summed E-state index contributed by atoms with van der Waals surface area (Å²) in [5.41, 5.74) is 1.33. The van der Waals surface area contributed by atoms with E-state index in [2.05, 4.69) is 58.8 Å². The Morgan fingerprint density at radius 2 is 1.87 bits per heavy atom. The number of nitrogens with one attached hydrogen (secondary N) is 2. The number of piperidine rings is 1. The summed E-state index contributed by atoms with van der Waals surface area (Å²) >= 11 is 0. The fourth-order valence-corrected chi connectivity index (χ4v) is 4.43. The molecule has 172 valence electrons. The summed E-state index contributed by atoms with van der Waals surface area (Å²) in [5, 5.41) is 6.79. The number of hydrogen-bond acceptors (Lipinski definition) is 4. The van der Waals surface area contributed by atoms with Crippen LogP contribution in [0.2, 0.25) is 0 Å². The van der Waals surface area contributed by atoms with Crippen LogP contribution in [0.3, 0.4) is 0 Å². The second kappa shape index (κ2) is 13.5. The fraction of sp³-hybridized carbons (Fsp3) is 0.667. The average Bonchev–Trinajstić information content (AvgIpc) is 2.70. The lowest BCUT2D eigenvalue weighted by Gasteiger charge is -2.30. The van der Waals surface area contributed by atoms with Crippen molar-refractivity contribution in [3.63, 3.8) is 0 Å². The second-order valence-electron chi connectivity index (χ2n) is 8.02. The maximum Gasteiger partial charge on any atom is 0.211 e. The van der Waals surface area contributed by atoms with Gasteiger partial charge in [0.2, 0.25) is 10.0 Å². The van der Waals surface area contributed by atoms with Gasteiger partial charge in [-0.05, 0) is 44.7 Å². The summed E-state index contributed by atoms with van der Waals surface area (Å²) in [5.74, 6) is 1.29. The van der Waals surface area contributed by atoms with E-state index < -0.39 is 10.0 Å². The van der Waals surface area contributed by atoms with Crippen molar-refractivity contribution in [1.29, 1.82) is 0 Å². The number of guanidine groups is 1. The Labute approximate surface area is 199 Å². The minimum atomic E-state index is -3.06. The molecule has 2 rings (SSSR count). The van der Waals surface area contributed by atoms with Gasteiger partial charge in [-0.15, -0.1) is 24.0 Å². The Morgan fingerprint density at radius 3 is 2.43 bits per heavy atom. The van der Waals surface area contributed by atoms with Crippen molar-refractivity contribution in [3.05, 3.63) is 35.9 Å². The molecule has 0 amide bonds. The summed E-state index contributed by atoms with van der Waals surface area (Å²) in [7, 11) is 0.885. The average molecular weight is 552 g/mol. The number of sulfonamides is 1. The zero-order valence-electron chi connectivity index (χ0n) is 18.7. The molecule has 1 aromatic carbocycles. The summed E-state index contributed by atoms with van der Waals surface area (Å²) in [4.78, 5) is 6.67. The number of hydrogen-bond donors (Lipinski definition) is 2. The molecule has 0 saturated carbocycles. The molecule has 0 bridgehead atoms. The molecule has 1 aliphatic heterocycles. The summed E-state index contributed by atoms with van der Waals surface area (Å²) in [6, 6.07) is 11.0. The molecule has 30 heavy (non-hydrogen) atoms. The van der Waals surface area contributed by atoms with E-state index in [1.807, 2.05) is 6.07 Å². The molecular formula is C21H38IN5O2S. The van der Waals surface area contributed by atoms with Crippen LogP contribution >= 0.6 is 24.0 Å². The van der Waals surface area contributed by atoms with Gasteiger partial charge in [0.05, 0.1) is 6.26 Å². The SMILES string of the molecule is CN=C(NCCC(C)N(C)Cc1ccccc1)NCC1CCN(S(C)(=O)=O)CC1.I. The maximum atomic E-state index is 11.6. The van der Waals surface area contributed by atoms with E-state index in [0.29, 0.717) is 25.0 Å². The van der Waals surface area contributed by atoms with Gasteiger partial charge in [0, 0.05) is 45.8 Å². The van der Waals surface area contributed by atoms with Crippen LogP contribution in [-0.2, 0) is 16.6 Å². The Kier molecular flexibility index (Phi) is 12.2. The lowest BCUT2D eigenvalue weighted by atomic mass is 9.98. The van der Waals surface area contributed by atoms with Crippen molar-refractivity contribution in [2.75, 3.05) is 46.5 Å². The third-order valence-corrected chi connectivity index (χ3v) is 7.01. The highest BCUT2D eigenvalue weighted by Gasteiger charge is 2.24. The molecule has 0 aliphatic carbocycles. The molecule has 1 aliphatic rings. The zero-order chi connectivity index (χ0) is 21.3. The molecule has 1 unspecified atom stereocenters. The molecule has 0 radical (unpaired) electrons. The van der Waals surface area contributed by atoms with Gasteiger partial charge in [-0.25, -0.2) is 12.7 Å². The van der Waals surface area contributed by atoms with Gasteiger partial charge in [0.1, 0.15) is 0 Å². The molecule has 1 aromatic rings. The van der Waals surface area contributed by atoms with E-state index in [-0.39, 0.29) is 24.0 Å².